The van der Waals surface area contributed by atoms with Crippen molar-refractivity contribution >= 4 is 17.9 Å². The van der Waals surface area contributed by atoms with Gasteiger partial charge in [0.05, 0.1) is 31.5 Å². The van der Waals surface area contributed by atoms with E-state index in [9.17, 15) is 19.8 Å². The van der Waals surface area contributed by atoms with Crippen LogP contribution < -0.4 is 14.8 Å². The van der Waals surface area contributed by atoms with E-state index >= 15 is 0 Å². The Labute approximate surface area is 343 Å². The van der Waals surface area contributed by atoms with E-state index in [-0.39, 0.29) is 57.2 Å². The second kappa shape index (κ2) is 21.0. The van der Waals surface area contributed by atoms with Gasteiger partial charge in [-0.1, -0.05) is 60.5 Å². The lowest BCUT2D eigenvalue weighted by Gasteiger charge is -2.59. The monoisotopic (exact) mass is 805 g/mol. The number of nitrogens with one attached hydrogen (secondary N) is 1. The zero-order valence-corrected chi connectivity index (χ0v) is 34.8. The van der Waals surface area contributed by atoms with Gasteiger partial charge in [0, 0.05) is 44.7 Å². The smallest absolute Gasteiger partial charge is 0.412 e. The SMILES string of the molecule is C=CCOC12Oc3ccc(OC(=O)NCC)cc3C3C(CCCCO)C(CCCCO)C=C(C(=NOC(C)(C)C)CC1N(C)C(=O)OCCOCc1ccccc1)C32. The van der Waals surface area contributed by atoms with Gasteiger partial charge in [0.1, 0.15) is 29.7 Å². The van der Waals surface area contributed by atoms with Crippen LogP contribution in [0.3, 0.4) is 0 Å². The van der Waals surface area contributed by atoms with Gasteiger partial charge in [-0.05, 0) is 94.5 Å². The van der Waals surface area contributed by atoms with Crippen molar-refractivity contribution in [3.05, 3.63) is 84.0 Å². The second-order valence-electron chi connectivity index (χ2n) is 16.2. The number of carbonyl (C=O) groups excluding carboxylic acids is 2. The first-order chi connectivity index (χ1) is 28.0. The van der Waals surface area contributed by atoms with Crippen molar-refractivity contribution in [1.82, 2.24) is 10.2 Å². The molecule has 3 aliphatic rings. The number of amides is 2. The fourth-order valence-corrected chi connectivity index (χ4v) is 8.45. The van der Waals surface area contributed by atoms with E-state index in [0.717, 1.165) is 42.4 Å². The van der Waals surface area contributed by atoms with Gasteiger partial charge in [0.2, 0.25) is 5.79 Å². The number of allylic oxidation sites excluding steroid dienone is 1. The maximum atomic E-state index is 14.1. The van der Waals surface area contributed by atoms with Crippen LogP contribution in [0.2, 0.25) is 0 Å². The number of hydrogen-bond acceptors (Lipinski definition) is 11. The minimum absolute atomic E-state index is 0.00984. The van der Waals surface area contributed by atoms with Crippen LogP contribution in [0.5, 0.6) is 11.5 Å². The van der Waals surface area contributed by atoms with Crippen molar-refractivity contribution in [2.24, 2.45) is 22.9 Å². The second-order valence-corrected chi connectivity index (χ2v) is 16.2. The van der Waals surface area contributed by atoms with Gasteiger partial charge in [-0.25, -0.2) is 9.59 Å². The van der Waals surface area contributed by atoms with Crippen molar-refractivity contribution in [3.8, 4) is 11.5 Å². The van der Waals surface area contributed by atoms with Gasteiger partial charge in [-0.2, -0.15) is 0 Å². The minimum atomic E-state index is -1.44. The van der Waals surface area contributed by atoms with Crippen LogP contribution in [-0.2, 0) is 25.7 Å². The highest BCUT2D eigenvalue weighted by Crippen LogP contribution is 2.61. The molecule has 318 valence electrons. The van der Waals surface area contributed by atoms with E-state index in [4.69, 9.17) is 33.7 Å². The van der Waals surface area contributed by atoms with Crippen LogP contribution in [0, 0.1) is 17.8 Å². The lowest BCUT2D eigenvalue weighted by molar-refractivity contribution is -0.253. The molecule has 1 saturated carbocycles. The van der Waals surface area contributed by atoms with E-state index in [1.807, 2.05) is 64.1 Å². The van der Waals surface area contributed by atoms with E-state index in [1.165, 1.54) is 4.90 Å². The van der Waals surface area contributed by atoms with Crippen LogP contribution in [0.4, 0.5) is 9.59 Å². The first kappa shape index (κ1) is 44.7. The van der Waals surface area contributed by atoms with E-state index in [1.54, 1.807) is 25.3 Å². The number of oxime groups is 1. The summed E-state index contributed by atoms with van der Waals surface area (Å²) in [6.07, 6.45) is 7.47. The number of unbranched alkanes of at least 4 members (excludes halogenated alkanes) is 2. The molecule has 13 nitrogen and oxygen atoms in total. The number of ether oxygens (including phenoxy) is 5. The molecule has 0 saturated heterocycles. The van der Waals surface area contributed by atoms with Gasteiger partial charge in [0.15, 0.2) is 0 Å². The summed E-state index contributed by atoms with van der Waals surface area (Å²) in [7, 11) is 1.68. The summed E-state index contributed by atoms with van der Waals surface area (Å²) in [6, 6.07) is 14.4. The first-order valence-electron chi connectivity index (χ1n) is 20.7. The summed E-state index contributed by atoms with van der Waals surface area (Å²) in [6.45, 7) is 12.9. The summed E-state index contributed by atoms with van der Waals surface area (Å²) in [5, 5.41) is 27.2. The molecule has 1 heterocycles. The highest BCUT2D eigenvalue weighted by atomic mass is 16.7. The fraction of sp³-hybridized carbons (Fsp3) is 0.578. The first-order valence-corrected chi connectivity index (χ1v) is 20.7. The molecule has 5 rings (SSSR count). The summed E-state index contributed by atoms with van der Waals surface area (Å²) < 4.78 is 31.4. The Kier molecular flexibility index (Phi) is 16.2. The van der Waals surface area contributed by atoms with Crippen LogP contribution >= 0.6 is 0 Å². The Balaban J connectivity index is 1.62. The maximum absolute atomic E-state index is 14.1. The van der Waals surface area contributed by atoms with E-state index < -0.39 is 35.5 Å². The predicted octanol–water partition coefficient (Wildman–Crippen LogP) is 7.51. The Morgan fingerprint density at radius 3 is 2.48 bits per heavy atom. The van der Waals surface area contributed by atoms with E-state index in [2.05, 4.69) is 18.0 Å². The molecule has 6 unspecified atom stereocenters. The number of hydrogen-bond donors (Lipinski definition) is 3. The third kappa shape index (κ3) is 11.0. The number of rotatable bonds is 20. The van der Waals surface area contributed by atoms with Crippen LogP contribution in [0.1, 0.15) is 89.7 Å². The molecule has 0 spiro atoms. The quantitative estimate of drug-likeness (QED) is 0.0695. The molecule has 2 aromatic carbocycles. The summed E-state index contributed by atoms with van der Waals surface area (Å²) >= 11 is 0. The van der Waals surface area contributed by atoms with Crippen molar-refractivity contribution < 1.29 is 48.3 Å². The normalized spacial score (nSPS) is 24.1. The average molecular weight is 806 g/mol. The number of fused-ring (bicyclic) bond motifs is 2. The fourth-order valence-electron chi connectivity index (χ4n) is 8.45. The molecule has 0 radical (unpaired) electrons. The largest absolute Gasteiger partial charge is 0.459 e. The Morgan fingerprint density at radius 2 is 1.79 bits per heavy atom. The number of benzene rings is 2. The molecular formula is C45H63N3O10. The van der Waals surface area contributed by atoms with Crippen LogP contribution in [0.15, 0.2) is 78.0 Å². The highest BCUT2D eigenvalue weighted by Gasteiger charge is 2.65. The average Bonchev–Trinajstić information content (AvgIpc) is 3.20. The molecule has 0 aromatic heterocycles. The topological polar surface area (TPSA) is 158 Å². The Bertz CT molecular complexity index is 1730. The predicted molar refractivity (Wildman–Crippen MR) is 221 cm³/mol. The number of aliphatic hydroxyl groups excluding tert-OH is 2. The Hall–Kier alpha value is -4.43. The number of carbonyl (C=O) groups is 2. The third-order valence-electron chi connectivity index (χ3n) is 10.9. The molecule has 13 heteroatoms. The van der Waals surface area contributed by atoms with Gasteiger partial charge in [-0.15, -0.1) is 6.58 Å². The third-order valence-corrected chi connectivity index (χ3v) is 10.9. The van der Waals surface area contributed by atoms with Gasteiger partial charge >= 0.3 is 12.2 Å². The molecule has 6 atom stereocenters. The minimum Gasteiger partial charge on any atom is -0.459 e. The number of nitrogens with zero attached hydrogens (tertiary/aromatic N) is 2. The molecule has 58 heavy (non-hydrogen) atoms. The van der Waals surface area contributed by atoms with Crippen LogP contribution in [0.25, 0.3) is 0 Å². The molecule has 2 aromatic rings. The maximum Gasteiger partial charge on any atom is 0.412 e. The number of likely N-dealkylation sites (N-methyl/N-ethyl adjacent to an activating group) is 1. The van der Waals surface area contributed by atoms with Crippen molar-refractivity contribution in [3.63, 3.8) is 0 Å². The molecule has 2 amide bonds. The van der Waals surface area contributed by atoms with Gasteiger partial charge in [-0.3, -0.25) is 0 Å². The summed E-state index contributed by atoms with van der Waals surface area (Å²) in [5.41, 5.74) is 2.82. The zero-order chi connectivity index (χ0) is 41.7. The van der Waals surface area contributed by atoms with Crippen molar-refractivity contribution in [1.29, 1.82) is 0 Å². The van der Waals surface area contributed by atoms with Gasteiger partial charge < -0.3 is 49.0 Å². The van der Waals surface area contributed by atoms with Crippen molar-refractivity contribution in [2.45, 2.75) is 103 Å². The Morgan fingerprint density at radius 1 is 1.05 bits per heavy atom. The highest BCUT2D eigenvalue weighted by molar-refractivity contribution is 6.03. The lowest BCUT2D eigenvalue weighted by Crippen LogP contribution is -2.69. The molecule has 1 fully saturated rings. The molecule has 0 bridgehead atoms. The molecule has 3 N–H and O–H groups in total. The van der Waals surface area contributed by atoms with Crippen LogP contribution in [-0.4, -0.2) is 97.1 Å². The molecule has 2 aliphatic carbocycles. The zero-order valence-electron chi connectivity index (χ0n) is 34.8. The number of aliphatic hydroxyl groups is 2. The van der Waals surface area contributed by atoms with E-state index in [0.29, 0.717) is 43.2 Å². The molecular weight excluding hydrogens is 743 g/mol. The summed E-state index contributed by atoms with van der Waals surface area (Å²) in [5.74, 6) is -1.27. The summed E-state index contributed by atoms with van der Waals surface area (Å²) in [4.78, 5) is 34.4. The standard InChI is InChI=1S/C45H63N3O10/c1-7-24-55-45-39(48(6)43(52)54-26-25-53-30-31-16-10-9-11-17-31)29-37(47-58-44(3,4)5)35-27-32(18-12-14-22-49)34(19-13-15-23-50)40(41(35)45)36-28-33(20-21-38(36)57-45)56-42(51)46-8-2/h7,9-11,16-17,20-21,27-28,32,34,39-41,49-50H,1,8,12-15,18-19,22-26,29-30H2,2-6H3,(H,46,51). The lowest BCUT2D eigenvalue weighted by atomic mass is 9.55. The molecule has 1 aliphatic heterocycles. The van der Waals surface area contributed by atoms with Gasteiger partial charge in [0.25, 0.3) is 0 Å². The van der Waals surface area contributed by atoms with Crippen molar-refractivity contribution in [2.75, 3.05) is 46.6 Å².